The molecule has 2 unspecified atom stereocenters. The highest BCUT2D eigenvalue weighted by atomic mass is 16.5. The first-order valence-corrected chi connectivity index (χ1v) is 5.19. The van der Waals surface area contributed by atoms with Crippen LogP contribution in [0.3, 0.4) is 0 Å². The van der Waals surface area contributed by atoms with E-state index in [0.29, 0.717) is 0 Å². The summed E-state index contributed by atoms with van der Waals surface area (Å²) < 4.78 is 5.68. The Hall–Kier alpha value is -0.560. The van der Waals surface area contributed by atoms with E-state index in [1.54, 1.807) is 0 Å². The van der Waals surface area contributed by atoms with Gasteiger partial charge in [-0.25, -0.2) is 0 Å². The number of rotatable bonds is 6. The molecule has 0 N–H and O–H groups in total. The first kappa shape index (κ1) is 12.4. The Balaban J connectivity index is 3.70. The van der Waals surface area contributed by atoms with Crippen molar-refractivity contribution in [3.63, 3.8) is 0 Å². The van der Waals surface area contributed by atoms with Gasteiger partial charge in [0.2, 0.25) is 0 Å². The largest absolute Gasteiger partial charge is 0.367 e. The van der Waals surface area contributed by atoms with E-state index in [1.165, 1.54) is 0 Å². The summed E-state index contributed by atoms with van der Waals surface area (Å²) in [5.74, 6) is 0. The smallest absolute Gasteiger partial charge is 0.0735 e. The zero-order valence-corrected chi connectivity index (χ0v) is 9.29. The van der Waals surface area contributed by atoms with Gasteiger partial charge in [-0.1, -0.05) is 38.2 Å². The molecule has 0 heterocycles. The van der Waals surface area contributed by atoms with Crippen LogP contribution >= 0.6 is 0 Å². The van der Waals surface area contributed by atoms with Crippen molar-refractivity contribution < 1.29 is 4.74 Å². The Labute approximate surface area is 82.5 Å². The van der Waals surface area contributed by atoms with Gasteiger partial charge in [0.05, 0.1) is 12.2 Å². The molecule has 0 fully saturated rings. The zero-order valence-electron chi connectivity index (χ0n) is 9.29. The second kappa shape index (κ2) is 8.06. The molecule has 0 amide bonds. The van der Waals surface area contributed by atoms with E-state index < -0.39 is 0 Å². The molecule has 0 spiro atoms. The summed E-state index contributed by atoms with van der Waals surface area (Å²) in [6.07, 6.45) is 11.1. The van der Waals surface area contributed by atoms with Crippen LogP contribution in [-0.2, 0) is 4.74 Å². The van der Waals surface area contributed by atoms with Crippen LogP contribution in [-0.4, -0.2) is 12.2 Å². The molecule has 0 saturated carbocycles. The van der Waals surface area contributed by atoms with Gasteiger partial charge in [-0.15, -0.1) is 0 Å². The Morgan fingerprint density at radius 1 is 0.923 bits per heavy atom. The van der Waals surface area contributed by atoms with Gasteiger partial charge in [-0.3, -0.25) is 0 Å². The minimum atomic E-state index is 0.219. The SMILES string of the molecule is CC/C=C/C(C)OC(C)/C=C/CC. The number of ether oxygens (including phenoxy) is 1. The van der Waals surface area contributed by atoms with Gasteiger partial charge in [0, 0.05) is 0 Å². The Bertz CT molecular complexity index is 141. The Kier molecular flexibility index (Phi) is 7.71. The third-order valence-corrected chi connectivity index (χ3v) is 1.71. The minimum absolute atomic E-state index is 0.219. The summed E-state index contributed by atoms with van der Waals surface area (Å²) in [5.41, 5.74) is 0. The van der Waals surface area contributed by atoms with Crippen LogP contribution in [0.25, 0.3) is 0 Å². The fraction of sp³-hybridized carbons (Fsp3) is 0.667. The van der Waals surface area contributed by atoms with E-state index in [0.717, 1.165) is 12.8 Å². The molecule has 2 atom stereocenters. The van der Waals surface area contributed by atoms with Gasteiger partial charge in [0.15, 0.2) is 0 Å². The number of hydrogen-bond acceptors (Lipinski definition) is 1. The number of allylic oxidation sites excluding steroid dienone is 2. The van der Waals surface area contributed by atoms with Crippen LogP contribution in [0.5, 0.6) is 0 Å². The summed E-state index contributed by atoms with van der Waals surface area (Å²) >= 11 is 0. The minimum Gasteiger partial charge on any atom is -0.367 e. The van der Waals surface area contributed by atoms with Gasteiger partial charge in [-0.05, 0) is 26.7 Å². The lowest BCUT2D eigenvalue weighted by molar-refractivity contribution is 0.0628. The highest BCUT2D eigenvalue weighted by Crippen LogP contribution is 2.02. The molecule has 0 saturated heterocycles. The first-order valence-electron chi connectivity index (χ1n) is 5.19. The van der Waals surface area contributed by atoms with Gasteiger partial charge in [-0.2, -0.15) is 0 Å². The van der Waals surface area contributed by atoms with E-state index in [9.17, 15) is 0 Å². The lowest BCUT2D eigenvalue weighted by Gasteiger charge is -2.12. The van der Waals surface area contributed by atoms with E-state index in [1.807, 2.05) is 0 Å². The molecule has 76 valence electrons. The molecule has 0 radical (unpaired) electrons. The molecule has 0 aliphatic heterocycles. The van der Waals surface area contributed by atoms with Gasteiger partial charge < -0.3 is 4.74 Å². The quantitative estimate of drug-likeness (QED) is 0.569. The van der Waals surface area contributed by atoms with Crippen LogP contribution in [0.1, 0.15) is 40.5 Å². The maximum absolute atomic E-state index is 5.68. The first-order chi connectivity index (χ1) is 6.20. The van der Waals surface area contributed by atoms with Crippen LogP contribution in [0, 0.1) is 0 Å². The average molecular weight is 182 g/mol. The molecule has 0 aliphatic carbocycles. The molecule has 0 aromatic rings. The highest BCUT2D eigenvalue weighted by molar-refractivity contribution is 4.91. The standard InChI is InChI=1S/C12H22O/c1-5-7-9-11(3)13-12(4)10-8-6-2/h7-12H,5-6H2,1-4H3/b9-7+,10-8+. The molecule has 0 aliphatic rings. The summed E-state index contributed by atoms with van der Waals surface area (Å²) in [4.78, 5) is 0. The zero-order chi connectivity index (χ0) is 10.1. The van der Waals surface area contributed by atoms with Gasteiger partial charge in [0.1, 0.15) is 0 Å². The van der Waals surface area contributed by atoms with Crippen molar-refractivity contribution in [2.24, 2.45) is 0 Å². The average Bonchev–Trinajstić information content (AvgIpc) is 2.11. The highest BCUT2D eigenvalue weighted by Gasteiger charge is 2.00. The third-order valence-electron chi connectivity index (χ3n) is 1.71. The lowest BCUT2D eigenvalue weighted by atomic mass is 10.3. The predicted molar refractivity (Wildman–Crippen MR) is 58.9 cm³/mol. The molecule has 1 heteroatoms. The molecule has 13 heavy (non-hydrogen) atoms. The van der Waals surface area contributed by atoms with Crippen LogP contribution in [0.4, 0.5) is 0 Å². The molecular formula is C12H22O. The van der Waals surface area contributed by atoms with Crippen LogP contribution in [0.2, 0.25) is 0 Å². The summed E-state index contributed by atoms with van der Waals surface area (Å²) in [6.45, 7) is 8.40. The molecule has 0 rings (SSSR count). The van der Waals surface area contributed by atoms with E-state index in [-0.39, 0.29) is 12.2 Å². The van der Waals surface area contributed by atoms with Crippen molar-refractivity contribution in [3.05, 3.63) is 24.3 Å². The lowest BCUT2D eigenvalue weighted by Crippen LogP contribution is -2.12. The fourth-order valence-corrected chi connectivity index (χ4v) is 1.08. The summed E-state index contributed by atoms with van der Waals surface area (Å²) in [5, 5.41) is 0. The topological polar surface area (TPSA) is 9.23 Å². The van der Waals surface area contributed by atoms with Crippen molar-refractivity contribution in [2.75, 3.05) is 0 Å². The predicted octanol–water partition coefficient (Wildman–Crippen LogP) is 3.71. The fourth-order valence-electron chi connectivity index (χ4n) is 1.08. The molecular weight excluding hydrogens is 160 g/mol. The van der Waals surface area contributed by atoms with Gasteiger partial charge in [0.25, 0.3) is 0 Å². The second-order valence-electron chi connectivity index (χ2n) is 3.22. The molecule has 0 aromatic heterocycles. The third kappa shape index (κ3) is 7.79. The van der Waals surface area contributed by atoms with Crippen LogP contribution < -0.4 is 0 Å². The van der Waals surface area contributed by atoms with Gasteiger partial charge >= 0.3 is 0 Å². The van der Waals surface area contributed by atoms with E-state index >= 15 is 0 Å². The number of hydrogen-bond donors (Lipinski definition) is 0. The summed E-state index contributed by atoms with van der Waals surface area (Å²) in [7, 11) is 0. The monoisotopic (exact) mass is 182 g/mol. The van der Waals surface area contributed by atoms with E-state index in [2.05, 4.69) is 52.0 Å². The molecule has 0 bridgehead atoms. The van der Waals surface area contributed by atoms with E-state index in [4.69, 9.17) is 4.74 Å². The van der Waals surface area contributed by atoms with Crippen molar-refractivity contribution in [1.29, 1.82) is 0 Å². The van der Waals surface area contributed by atoms with Crippen molar-refractivity contribution in [1.82, 2.24) is 0 Å². The Morgan fingerprint density at radius 3 is 1.62 bits per heavy atom. The van der Waals surface area contributed by atoms with Crippen molar-refractivity contribution >= 4 is 0 Å². The maximum atomic E-state index is 5.68. The molecule has 0 aromatic carbocycles. The normalized spacial score (nSPS) is 16.9. The van der Waals surface area contributed by atoms with Crippen molar-refractivity contribution in [3.8, 4) is 0 Å². The second-order valence-corrected chi connectivity index (χ2v) is 3.22. The molecule has 1 nitrogen and oxygen atoms in total. The Morgan fingerprint density at radius 2 is 1.31 bits per heavy atom. The van der Waals surface area contributed by atoms with Crippen molar-refractivity contribution in [2.45, 2.75) is 52.7 Å². The van der Waals surface area contributed by atoms with Crippen LogP contribution in [0.15, 0.2) is 24.3 Å². The summed E-state index contributed by atoms with van der Waals surface area (Å²) in [6, 6.07) is 0. The maximum Gasteiger partial charge on any atom is 0.0735 e.